The molecule has 170 valence electrons. The third kappa shape index (κ3) is 3.25. The molecule has 1 spiro atoms. The van der Waals surface area contributed by atoms with Crippen molar-refractivity contribution in [2.24, 2.45) is 17.8 Å². The number of carbonyl (C=O) groups excluding carboxylic acids is 3. The van der Waals surface area contributed by atoms with Crippen LogP contribution in [0.4, 0.5) is 0 Å². The highest BCUT2D eigenvalue weighted by Crippen LogP contribution is 2.61. The number of nitrogens with zero attached hydrogens (tertiary/aromatic N) is 2. The molecule has 0 bridgehead atoms. The number of rotatable bonds is 3. The molecule has 0 aliphatic carbocycles. The number of amides is 2. The molecule has 0 radical (unpaired) electrons. The largest absolute Gasteiger partial charge is 0.461 e. The third-order valence-electron chi connectivity index (χ3n) is 6.98. The van der Waals surface area contributed by atoms with Gasteiger partial charge in [-0.3, -0.25) is 14.4 Å². The number of esters is 1. The van der Waals surface area contributed by atoms with Crippen LogP contribution < -0.4 is 0 Å². The lowest BCUT2D eigenvalue weighted by Gasteiger charge is -2.43. The van der Waals surface area contributed by atoms with E-state index in [1.807, 2.05) is 58.9 Å². The molecule has 6 atom stereocenters. The first kappa shape index (κ1) is 22.4. The van der Waals surface area contributed by atoms with Crippen molar-refractivity contribution in [3.8, 4) is 0 Å². The Morgan fingerprint density at radius 2 is 1.94 bits per heavy atom. The van der Waals surface area contributed by atoms with Crippen molar-refractivity contribution in [1.82, 2.24) is 9.80 Å². The van der Waals surface area contributed by atoms with Gasteiger partial charge in [0.05, 0.1) is 29.2 Å². The van der Waals surface area contributed by atoms with E-state index in [-0.39, 0.29) is 42.2 Å². The van der Waals surface area contributed by atoms with Gasteiger partial charge in [0.15, 0.2) is 0 Å². The topological polar surface area (TPSA) is 87.2 Å². The summed E-state index contributed by atoms with van der Waals surface area (Å²) in [6.07, 6.45) is 7.71. The Hall–Kier alpha value is -1.80. The van der Waals surface area contributed by atoms with Gasteiger partial charge in [-0.1, -0.05) is 38.2 Å². The van der Waals surface area contributed by atoms with E-state index in [2.05, 4.69) is 0 Å². The Bertz CT molecular complexity index is 847. The van der Waals surface area contributed by atoms with Crippen molar-refractivity contribution >= 4 is 29.5 Å². The molecule has 4 aliphatic heterocycles. The predicted octanol–water partition coefficient (Wildman–Crippen LogP) is 1.61. The Morgan fingerprint density at radius 3 is 2.55 bits per heavy atom. The van der Waals surface area contributed by atoms with Crippen LogP contribution in [0.5, 0.6) is 0 Å². The second-order valence-corrected chi connectivity index (χ2v) is 11.6. The van der Waals surface area contributed by atoms with Crippen molar-refractivity contribution in [1.29, 1.82) is 0 Å². The van der Waals surface area contributed by atoms with Gasteiger partial charge in [0, 0.05) is 17.3 Å². The Balaban J connectivity index is 1.90. The highest BCUT2D eigenvalue weighted by atomic mass is 32.2. The lowest BCUT2D eigenvalue weighted by atomic mass is 9.78. The number of aliphatic hydroxyl groups is 1. The lowest BCUT2D eigenvalue weighted by molar-refractivity contribution is -0.153. The van der Waals surface area contributed by atoms with Gasteiger partial charge in [-0.15, -0.1) is 11.8 Å². The fourth-order valence-electron chi connectivity index (χ4n) is 5.49. The van der Waals surface area contributed by atoms with Gasteiger partial charge in [0.1, 0.15) is 12.6 Å². The molecule has 4 aliphatic rings. The number of fused-ring (bicyclic) bond motifs is 2. The lowest BCUT2D eigenvalue weighted by Crippen LogP contribution is -2.60. The number of thioether (sulfide) groups is 1. The van der Waals surface area contributed by atoms with Crippen LogP contribution in [0.1, 0.15) is 34.6 Å². The van der Waals surface area contributed by atoms with Crippen LogP contribution >= 0.6 is 11.8 Å². The molecule has 8 heteroatoms. The van der Waals surface area contributed by atoms with Crippen molar-refractivity contribution in [2.75, 3.05) is 19.8 Å². The molecule has 0 aromatic rings. The maximum Gasteiger partial charge on any atom is 0.311 e. The molecule has 0 aromatic carbocycles. The van der Waals surface area contributed by atoms with E-state index in [0.717, 1.165) is 0 Å². The monoisotopic (exact) mass is 448 g/mol. The van der Waals surface area contributed by atoms with Crippen LogP contribution in [-0.2, 0) is 19.1 Å². The van der Waals surface area contributed by atoms with Crippen LogP contribution in [0.15, 0.2) is 24.3 Å². The fourth-order valence-corrected chi connectivity index (χ4v) is 7.48. The molecule has 1 N–H and O–H groups in total. The number of carbonyl (C=O) groups is 3. The molecule has 1 unspecified atom stereocenters. The van der Waals surface area contributed by atoms with Crippen LogP contribution in [0.25, 0.3) is 0 Å². The van der Waals surface area contributed by atoms with Crippen LogP contribution in [0, 0.1) is 17.8 Å². The Labute approximate surface area is 187 Å². The molecule has 2 fully saturated rings. The van der Waals surface area contributed by atoms with Gasteiger partial charge >= 0.3 is 5.97 Å². The Morgan fingerprint density at radius 1 is 1.23 bits per heavy atom. The zero-order valence-electron chi connectivity index (χ0n) is 18.8. The summed E-state index contributed by atoms with van der Waals surface area (Å²) in [5.74, 6) is -2.15. The van der Waals surface area contributed by atoms with Crippen LogP contribution in [0.3, 0.4) is 0 Å². The average molecular weight is 449 g/mol. The van der Waals surface area contributed by atoms with Gasteiger partial charge in [-0.2, -0.15) is 0 Å². The zero-order valence-corrected chi connectivity index (χ0v) is 19.6. The van der Waals surface area contributed by atoms with Crippen molar-refractivity contribution < 1.29 is 24.2 Å². The summed E-state index contributed by atoms with van der Waals surface area (Å²) in [6, 6.07) is -1.28. The molecule has 4 heterocycles. The SMILES string of the molecule is CC(C)[C@H](CO)N1C(=O)[C@@H]2[C@@H]3C(=O)OCC=C[C@@H]3S[C@@]23C=CCN(C(C)(C)C)C(=O)C13. The van der Waals surface area contributed by atoms with Crippen molar-refractivity contribution in [2.45, 2.75) is 62.2 Å². The summed E-state index contributed by atoms with van der Waals surface area (Å²) in [4.78, 5) is 44.3. The first-order valence-electron chi connectivity index (χ1n) is 11.0. The van der Waals surface area contributed by atoms with Crippen LogP contribution in [0.2, 0.25) is 0 Å². The number of aliphatic hydroxyl groups excluding tert-OH is 1. The highest BCUT2D eigenvalue weighted by Gasteiger charge is 2.72. The molecule has 2 saturated heterocycles. The second kappa shape index (κ2) is 7.66. The first-order valence-corrected chi connectivity index (χ1v) is 11.9. The van der Waals surface area contributed by atoms with E-state index in [9.17, 15) is 19.5 Å². The molecule has 31 heavy (non-hydrogen) atoms. The van der Waals surface area contributed by atoms with Crippen molar-refractivity contribution in [3.05, 3.63) is 24.3 Å². The van der Waals surface area contributed by atoms with E-state index in [4.69, 9.17) is 4.74 Å². The summed E-state index contributed by atoms with van der Waals surface area (Å²) in [5, 5.41) is 9.97. The average Bonchev–Trinajstić information content (AvgIpc) is 2.96. The van der Waals surface area contributed by atoms with Gasteiger partial charge in [0.25, 0.3) is 0 Å². The molecule has 2 amide bonds. The van der Waals surface area contributed by atoms with Crippen LogP contribution in [-0.4, -0.2) is 80.1 Å². The van der Waals surface area contributed by atoms with Gasteiger partial charge in [-0.25, -0.2) is 0 Å². The number of ether oxygens (including phenoxy) is 1. The van der Waals surface area contributed by atoms with E-state index in [1.165, 1.54) is 11.8 Å². The predicted molar refractivity (Wildman–Crippen MR) is 118 cm³/mol. The van der Waals surface area contributed by atoms with E-state index in [1.54, 1.807) is 9.80 Å². The maximum absolute atomic E-state index is 14.0. The summed E-state index contributed by atoms with van der Waals surface area (Å²) >= 11 is 1.52. The number of hydrogen-bond acceptors (Lipinski definition) is 6. The maximum atomic E-state index is 14.0. The number of likely N-dealkylation sites (tertiary alicyclic amines) is 1. The Kier molecular flexibility index (Phi) is 5.53. The van der Waals surface area contributed by atoms with E-state index in [0.29, 0.717) is 6.54 Å². The van der Waals surface area contributed by atoms with Crippen molar-refractivity contribution in [3.63, 3.8) is 0 Å². The quantitative estimate of drug-likeness (QED) is 0.521. The zero-order chi connectivity index (χ0) is 22.7. The fraction of sp³-hybridized carbons (Fsp3) is 0.696. The smallest absolute Gasteiger partial charge is 0.311 e. The number of cyclic esters (lactones) is 1. The normalized spacial score (nSPS) is 36.2. The molecule has 7 nitrogen and oxygen atoms in total. The second-order valence-electron chi connectivity index (χ2n) is 10.2. The third-order valence-corrected chi connectivity index (χ3v) is 8.72. The standard InChI is InChI=1S/C23H32N2O5S/c1-13(2)14(12-26)25-18-20(28)24(22(3,4)5)10-7-9-23(18)17(19(25)27)16-15(31-23)8-6-11-30-21(16)29/h6-9,13-18,26H,10-12H2,1-5H3/t14-,15-,16+,17-,18?,23-/m0/s1. The van der Waals surface area contributed by atoms with E-state index < -0.39 is 34.2 Å². The highest BCUT2D eigenvalue weighted by molar-refractivity contribution is 8.02. The molecular weight excluding hydrogens is 416 g/mol. The molecule has 0 saturated carbocycles. The molecule has 4 rings (SSSR count). The minimum Gasteiger partial charge on any atom is -0.461 e. The minimum atomic E-state index is -0.869. The van der Waals surface area contributed by atoms with Gasteiger partial charge in [0.2, 0.25) is 11.8 Å². The minimum absolute atomic E-state index is 0.0466. The van der Waals surface area contributed by atoms with Gasteiger partial charge < -0.3 is 19.6 Å². The first-order chi connectivity index (χ1) is 14.5. The number of hydrogen-bond donors (Lipinski definition) is 1. The summed E-state index contributed by atoms with van der Waals surface area (Å²) in [7, 11) is 0. The molecule has 0 aromatic heterocycles. The summed E-state index contributed by atoms with van der Waals surface area (Å²) < 4.78 is 4.51. The summed E-state index contributed by atoms with van der Waals surface area (Å²) in [5.41, 5.74) is -0.432. The summed E-state index contributed by atoms with van der Waals surface area (Å²) in [6.45, 7) is 10.2. The molecular formula is C23H32N2O5S. The van der Waals surface area contributed by atoms with E-state index >= 15 is 0 Å². The van der Waals surface area contributed by atoms with Gasteiger partial charge in [-0.05, 0) is 26.7 Å².